The average Bonchev–Trinajstić information content (AvgIpc) is 2.93. The van der Waals surface area contributed by atoms with E-state index in [9.17, 15) is 0 Å². The highest BCUT2D eigenvalue weighted by Gasteiger charge is 2.17. The van der Waals surface area contributed by atoms with Crippen LogP contribution in [0, 0.1) is 12.8 Å². The Labute approximate surface area is 174 Å². The maximum Gasteiger partial charge on any atom is 0.190 e. The van der Waals surface area contributed by atoms with E-state index in [4.69, 9.17) is 0 Å². The van der Waals surface area contributed by atoms with Gasteiger partial charge in [0.25, 0.3) is 0 Å². The third-order valence-electron chi connectivity index (χ3n) is 5.20. The second-order valence-electron chi connectivity index (χ2n) is 7.17. The molecule has 0 spiro atoms. The summed E-state index contributed by atoms with van der Waals surface area (Å²) >= 11 is 0. The van der Waals surface area contributed by atoms with E-state index in [2.05, 4.69) is 63.7 Å². The molecule has 144 valence electrons. The smallest absolute Gasteiger partial charge is 0.190 e. The number of aryl methyl sites for hydroxylation is 1. The zero-order valence-electron chi connectivity index (χ0n) is 16.1. The normalized spacial score (nSPS) is 18.6. The van der Waals surface area contributed by atoms with Crippen LogP contribution in [-0.4, -0.2) is 56.1 Å². The SMILES string of the molecule is CN=C(NCCc1c(C)[nH]c2ccccc12)NCC1CCCN(C)C1.I. The number of halogens is 1. The molecular weight excluding hydrogens is 437 g/mol. The van der Waals surface area contributed by atoms with Crippen LogP contribution in [0.4, 0.5) is 0 Å². The van der Waals surface area contributed by atoms with Crippen molar-refractivity contribution in [2.75, 3.05) is 40.3 Å². The fourth-order valence-electron chi connectivity index (χ4n) is 3.86. The molecule has 1 aromatic heterocycles. The van der Waals surface area contributed by atoms with Gasteiger partial charge in [0, 0.05) is 43.3 Å². The molecule has 3 N–H and O–H groups in total. The molecule has 0 amide bonds. The van der Waals surface area contributed by atoms with Crippen molar-refractivity contribution < 1.29 is 0 Å². The van der Waals surface area contributed by atoms with E-state index in [0.717, 1.165) is 25.5 Å². The molecule has 1 fully saturated rings. The number of aromatic amines is 1. The lowest BCUT2D eigenvalue weighted by atomic mass is 9.99. The summed E-state index contributed by atoms with van der Waals surface area (Å²) in [6, 6.07) is 8.52. The summed E-state index contributed by atoms with van der Waals surface area (Å²) in [6.45, 7) is 6.44. The number of likely N-dealkylation sites (tertiary alicyclic amines) is 1. The molecule has 1 atom stereocenters. The van der Waals surface area contributed by atoms with Gasteiger partial charge >= 0.3 is 0 Å². The molecule has 3 rings (SSSR count). The zero-order chi connectivity index (χ0) is 17.6. The van der Waals surface area contributed by atoms with E-state index < -0.39 is 0 Å². The molecule has 5 nitrogen and oxygen atoms in total. The Balaban J connectivity index is 0.00000243. The standard InChI is InChI=1S/C20H31N5.HI/c1-15-17(18-8-4-5-9-19(18)24-15)10-11-22-20(21-2)23-13-16-7-6-12-25(3)14-16;/h4-5,8-9,16,24H,6-7,10-14H2,1-3H3,(H2,21,22,23);1H. The number of benzene rings is 1. The summed E-state index contributed by atoms with van der Waals surface area (Å²) in [5.41, 5.74) is 3.88. The lowest BCUT2D eigenvalue weighted by Crippen LogP contribution is -2.44. The quantitative estimate of drug-likeness (QED) is 0.358. The molecule has 1 unspecified atom stereocenters. The number of aliphatic imine (C=N–C) groups is 1. The summed E-state index contributed by atoms with van der Waals surface area (Å²) in [5.74, 6) is 1.62. The average molecular weight is 469 g/mol. The minimum Gasteiger partial charge on any atom is -0.358 e. The van der Waals surface area contributed by atoms with Gasteiger partial charge in [0.15, 0.2) is 5.96 Å². The van der Waals surface area contributed by atoms with Crippen molar-refractivity contribution in [1.82, 2.24) is 20.5 Å². The first kappa shape index (κ1) is 21.0. The number of guanidine groups is 1. The Morgan fingerprint density at radius 3 is 2.88 bits per heavy atom. The van der Waals surface area contributed by atoms with Crippen molar-refractivity contribution >= 4 is 40.8 Å². The third-order valence-corrected chi connectivity index (χ3v) is 5.20. The predicted octanol–water partition coefficient (Wildman–Crippen LogP) is 3.14. The number of rotatable bonds is 5. The number of H-pyrrole nitrogens is 1. The first-order valence-corrected chi connectivity index (χ1v) is 9.36. The van der Waals surface area contributed by atoms with Gasteiger partial charge in [-0.3, -0.25) is 4.99 Å². The molecule has 2 aromatic rings. The van der Waals surface area contributed by atoms with Gasteiger partial charge < -0.3 is 20.5 Å². The largest absolute Gasteiger partial charge is 0.358 e. The molecule has 1 saturated heterocycles. The fourth-order valence-corrected chi connectivity index (χ4v) is 3.86. The van der Waals surface area contributed by atoms with Crippen LogP contribution in [0.15, 0.2) is 29.3 Å². The highest BCUT2D eigenvalue weighted by molar-refractivity contribution is 14.0. The van der Waals surface area contributed by atoms with E-state index in [0.29, 0.717) is 5.92 Å². The van der Waals surface area contributed by atoms with Crippen LogP contribution in [0.5, 0.6) is 0 Å². The Morgan fingerprint density at radius 2 is 2.12 bits per heavy atom. The van der Waals surface area contributed by atoms with E-state index in [-0.39, 0.29) is 24.0 Å². The Hall–Kier alpha value is -1.28. The van der Waals surface area contributed by atoms with E-state index >= 15 is 0 Å². The number of nitrogens with one attached hydrogen (secondary N) is 3. The number of hydrogen-bond acceptors (Lipinski definition) is 2. The molecule has 1 aromatic carbocycles. The number of para-hydroxylation sites is 1. The summed E-state index contributed by atoms with van der Waals surface area (Å²) in [7, 11) is 4.06. The van der Waals surface area contributed by atoms with Gasteiger partial charge in [0.2, 0.25) is 0 Å². The van der Waals surface area contributed by atoms with Gasteiger partial charge in [-0.25, -0.2) is 0 Å². The van der Waals surface area contributed by atoms with Gasteiger partial charge in [-0.15, -0.1) is 24.0 Å². The van der Waals surface area contributed by atoms with Crippen LogP contribution >= 0.6 is 24.0 Å². The number of fused-ring (bicyclic) bond motifs is 1. The second-order valence-corrected chi connectivity index (χ2v) is 7.17. The monoisotopic (exact) mass is 469 g/mol. The molecular formula is C20H32IN5. The number of piperidine rings is 1. The molecule has 1 aliphatic rings. The van der Waals surface area contributed by atoms with Crippen LogP contribution < -0.4 is 10.6 Å². The minimum atomic E-state index is 0. The van der Waals surface area contributed by atoms with E-state index in [1.165, 1.54) is 48.1 Å². The Morgan fingerprint density at radius 1 is 1.31 bits per heavy atom. The van der Waals surface area contributed by atoms with Gasteiger partial charge in [-0.2, -0.15) is 0 Å². The van der Waals surface area contributed by atoms with Gasteiger partial charge in [-0.1, -0.05) is 18.2 Å². The summed E-state index contributed by atoms with van der Waals surface area (Å²) in [4.78, 5) is 10.3. The number of hydrogen-bond donors (Lipinski definition) is 3. The maximum absolute atomic E-state index is 4.37. The number of nitrogens with zero attached hydrogens (tertiary/aromatic N) is 2. The molecule has 0 saturated carbocycles. The summed E-state index contributed by atoms with van der Waals surface area (Å²) in [6.07, 6.45) is 3.60. The van der Waals surface area contributed by atoms with Crippen molar-refractivity contribution in [2.45, 2.75) is 26.2 Å². The van der Waals surface area contributed by atoms with Crippen molar-refractivity contribution in [3.63, 3.8) is 0 Å². The van der Waals surface area contributed by atoms with Crippen LogP contribution in [-0.2, 0) is 6.42 Å². The molecule has 0 aliphatic carbocycles. The molecule has 0 radical (unpaired) electrons. The van der Waals surface area contributed by atoms with Crippen LogP contribution in [0.25, 0.3) is 10.9 Å². The van der Waals surface area contributed by atoms with Gasteiger partial charge in [-0.05, 0) is 57.3 Å². The third kappa shape index (κ3) is 5.36. The predicted molar refractivity (Wildman–Crippen MR) is 122 cm³/mol. The first-order valence-electron chi connectivity index (χ1n) is 9.36. The molecule has 6 heteroatoms. The lowest BCUT2D eigenvalue weighted by Gasteiger charge is -2.30. The molecule has 26 heavy (non-hydrogen) atoms. The van der Waals surface area contributed by atoms with Crippen molar-refractivity contribution in [3.05, 3.63) is 35.5 Å². The van der Waals surface area contributed by atoms with E-state index in [1.54, 1.807) is 0 Å². The van der Waals surface area contributed by atoms with Crippen LogP contribution in [0.1, 0.15) is 24.1 Å². The van der Waals surface area contributed by atoms with Crippen molar-refractivity contribution in [2.24, 2.45) is 10.9 Å². The molecule has 0 bridgehead atoms. The summed E-state index contributed by atoms with van der Waals surface area (Å²) < 4.78 is 0. The van der Waals surface area contributed by atoms with Crippen molar-refractivity contribution in [1.29, 1.82) is 0 Å². The van der Waals surface area contributed by atoms with Gasteiger partial charge in [0.1, 0.15) is 0 Å². The van der Waals surface area contributed by atoms with Crippen LogP contribution in [0.3, 0.4) is 0 Å². The highest BCUT2D eigenvalue weighted by atomic mass is 127. The lowest BCUT2D eigenvalue weighted by molar-refractivity contribution is 0.210. The maximum atomic E-state index is 4.37. The highest BCUT2D eigenvalue weighted by Crippen LogP contribution is 2.21. The van der Waals surface area contributed by atoms with E-state index in [1.807, 2.05) is 7.05 Å². The second kappa shape index (κ2) is 10.2. The topological polar surface area (TPSA) is 55.5 Å². The molecule has 2 heterocycles. The zero-order valence-corrected chi connectivity index (χ0v) is 18.5. The van der Waals surface area contributed by atoms with Crippen molar-refractivity contribution in [3.8, 4) is 0 Å². The Bertz CT molecular complexity index is 724. The first-order chi connectivity index (χ1) is 12.2. The Kier molecular flexibility index (Phi) is 8.21. The fraction of sp³-hybridized carbons (Fsp3) is 0.550. The summed E-state index contributed by atoms with van der Waals surface area (Å²) in [5, 5.41) is 8.29. The number of aromatic nitrogens is 1. The molecule has 1 aliphatic heterocycles. The van der Waals surface area contributed by atoms with Crippen LogP contribution in [0.2, 0.25) is 0 Å². The van der Waals surface area contributed by atoms with Gasteiger partial charge in [0.05, 0.1) is 0 Å². The minimum absolute atomic E-state index is 0.